The van der Waals surface area contributed by atoms with E-state index < -0.39 is 6.10 Å². The fraction of sp³-hybridized carbons (Fsp3) is 0.308. The number of carbonyl (C=O) groups is 1. The number of halogens is 1. The maximum absolute atomic E-state index is 13.7. The normalized spacial score (nSPS) is 16.1. The van der Waals surface area contributed by atoms with Crippen LogP contribution in [0.15, 0.2) is 18.2 Å². The first-order valence-electron chi connectivity index (χ1n) is 5.73. The highest BCUT2D eigenvalue weighted by atomic mass is 32.1. The second-order valence-electron chi connectivity index (χ2n) is 4.53. The molecule has 1 aromatic carbocycles. The van der Waals surface area contributed by atoms with Gasteiger partial charge in [-0.15, -0.1) is 11.3 Å². The number of nitrogens with zero attached hydrogens (tertiary/aromatic N) is 1. The molecule has 1 aliphatic rings. The van der Waals surface area contributed by atoms with Gasteiger partial charge in [0, 0.05) is 23.2 Å². The van der Waals surface area contributed by atoms with Crippen molar-refractivity contribution in [3.63, 3.8) is 0 Å². The Labute approximate surface area is 107 Å². The fourth-order valence-corrected chi connectivity index (χ4v) is 3.41. The molecule has 0 bridgehead atoms. The molecule has 2 aromatic rings. The number of aryl methyl sites for hydroxylation is 1. The third kappa shape index (κ3) is 1.62. The summed E-state index contributed by atoms with van der Waals surface area (Å²) in [4.78, 5) is 14.3. The molecule has 1 amide bonds. The Balaban J connectivity index is 2.05. The number of amides is 1. The summed E-state index contributed by atoms with van der Waals surface area (Å²) in [7, 11) is 0. The van der Waals surface area contributed by atoms with E-state index in [9.17, 15) is 14.3 Å². The number of β-amino-alcohol motifs (C(OH)–C–C–N with tert-alkyl or cyclic N) is 1. The molecule has 1 N–H and O–H groups in total. The van der Waals surface area contributed by atoms with Gasteiger partial charge in [0.25, 0.3) is 5.91 Å². The Kier molecular flexibility index (Phi) is 2.60. The molecular formula is C13H12FNO2S. The van der Waals surface area contributed by atoms with Crippen molar-refractivity contribution in [2.75, 3.05) is 13.1 Å². The van der Waals surface area contributed by atoms with Gasteiger partial charge in [0.2, 0.25) is 0 Å². The molecule has 3 rings (SSSR count). The fourth-order valence-electron chi connectivity index (χ4n) is 2.22. The number of thiophene rings is 1. The number of hydrogen-bond donors (Lipinski definition) is 1. The number of fused-ring (bicyclic) bond motifs is 1. The van der Waals surface area contributed by atoms with Gasteiger partial charge in [-0.2, -0.15) is 0 Å². The molecule has 94 valence electrons. The predicted molar refractivity (Wildman–Crippen MR) is 68.4 cm³/mol. The van der Waals surface area contributed by atoms with Crippen LogP contribution in [0.5, 0.6) is 0 Å². The maximum Gasteiger partial charge on any atom is 0.264 e. The Morgan fingerprint density at radius 3 is 2.83 bits per heavy atom. The minimum atomic E-state index is -0.416. The van der Waals surface area contributed by atoms with Crippen molar-refractivity contribution in [3.8, 4) is 0 Å². The molecule has 2 heterocycles. The Hall–Kier alpha value is -1.46. The Morgan fingerprint density at radius 1 is 1.50 bits per heavy atom. The number of aliphatic hydroxyl groups excluding tert-OH is 1. The number of hydrogen-bond acceptors (Lipinski definition) is 3. The predicted octanol–water partition coefficient (Wildman–Crippen LogP) is 2.17. The molecule has 0 radical (unpaired) electrons. The van der Waals surface area contributed by atoms with E-state index in [1.807, 2.05) is 6.07 Å². The molecule has 3 nitrogen and oxygen atoms in total. The van der Waals surface area contributed by atoms with Crippen LogP contribution in [0.4, 0.5) is 4.39 Å². The molecule has 18 heavy (non-hydrogen) atoms. The van der Waals surface area contributed by atoms with Crippen LogP contribution in [0.2, 0.25) is 0 Å². The van der Waals surface area contributed by atoms with Gasteiger partial charge in [0.05, 0.1) is 11.0 Å². The largest absolute Gasteiger partial charge is 0.389 e. The van der Waals surface area contributed by atoms with Crippen molar-refractivity contribution < 1.29 is 14.3 Å². The zero-order valence-electron chi connectivity index (χ0n) is 9.81. The third-order valence-corrected chi connectivity index (χ3v) is 4.49. The molecule has 1 aromatic heterocycles. The van der Waals surface area contributed by atoms with E-state index in [2.05, 4.69) is 0 Å². The molecule has 0 unspecified atom stereocenters. The van der Waals surface area contributed by atoms with E-state index in [-0.39, 0.29) is 11.7 Å². The van der Waals surface area contributed by atoms with Gasteiger partial charge in [-0.3, -0.25) is 4.79 Å². The van der Waals surface area contributed by atoms with E-state index >= 15 is 0 Å². The van der Waals surface area contributed by atoms with Gasteiger partial charge in [-0.05, 0) is 24.6 Å². The van der Waals surface area contributed by atoms with Crippen LogP contribution in [-0.2, 0) is 0 Å². The summed E-state index contributed by atoms with van der Waals surface area (Å²) in [5, 5.41) is 9.75. The Bertz CT molecular complexity index is 631. The molecule has 1 saturated heterocycles. The van der Waals surface area contributed by atoms with Crippen LogP contribution in [0.25, 0.3) is 10.1 Å². The first-order valence-corrected chi connectivity index (χ1v) is 6.54. The van der Waals surface area contributed by atoms with Gasteiger partial charge in [-0.1, -0.05) is 6.07 Å². The van der Waals surface area contributed by atoms with E-state index in [0.717, 1.165) is 4.70 Å². The van der Waals surface area contributed by atoms with Crippen LogP contribution < -0.4 is 0 Å². The summed E-state index contributed by atoms with van der Waals surface area (Å²) < 4.78 is 14.5. The molecular weight excluding hydrogens is 253 g/mol. The van der Waals surface area contributed by atoms with Crippen LogP contribution in [0, 0.1) is 12.7 Å². The van der Waals surface area contributed by atoms with Gasteiger partial charge in [-0.25, -0.2) is 4.39 Å². The monoisotopic (exact) mass is 265 g/mol. The van der Waals surface area contributed by atoms with Gasteiger partial charge in [0.15, 0.2) is 0 Å². The van der Waals surface area contributed by atoms with Crippen LogP contribution >= 0.6 is 11.3 Å². The van der Waals surface area contributed by atoms with E-state index in [1.165, 1.54) is 17.4 Å². The smallest absolute Gasteiger partial charge is 0.264 e. The molecule has 1 aliphatic heterocycles. The average molecular weight is 265 g/mol. The topological polar surface area (TPSA) is 40.5 Å². The lowest BCUT2D eigenvalue weighted by molar-refractivity contribution is 0.00619. The molecule has 0 aliphatic carbocycles. The first kappa shape index (κ1) is 11.6. The zero-order chi connectivity index (χ0) is 12.9. The van der Waals surface area contributed by atoms with Crippen molar-refractivity contribution in [2.45, 2.75) is 13.0 Å². The quantitative estimate of drug-likeness (QED) is 0.858. The molecule has 0 atom stereocenters. The Morgan fingerprint density at radius 2 is 2.22 bits per heavy atom. The van der Waals surface area contributed by atoms with E-state index in [4.69, 9.17) is 0 Å². The van der Waals surface area contributed by atoms with E-state index in [1.54, 1.807) is 17.9 Å². The number of aliphatic hydroxyl groups is 1. The lowest BCUT2D eigenvalue weighted by atomic mass is 10.1. The highest BCUT2D eigenvalue weighted by Gasteiger charge is 2.31. The zero-order valence-corrected chi connectivity index (χ0v) is 10.6. The maximum atomic E-state index is 13.7. The number of benzene rings is 1. The summed E-state index contributed by atoms with van der Waals surface area (Å²) in [6.07, 6.45) is -0.416. The van der Waals surface area contributed by atoms with Gasteiger partial charge in [0.1, 0.15) is 5.82 Å². The summed E-state index contributed by atoms with van der Waals surface area (Å²) >= 11 is 1.31. The minimum absolute atomic E-state index is 0.113. The van der Waals surface area contributed by atoms with Crippen LogP contribution in [0.3, 0.4) is 0 Å². The lowest BCUT2D eigenvalue weighted by Gasteiger charge is -2.35. The second-order valence-corrected chi connectivity index (χ2v) is 5.59. The average Bonchev–Trinajstić information content (AvgIpc) is 2.63. The standard InChI is InChI=1S/C13H12FNO2S/c1-7-11-9(14)3-2-4-10(11)18-12(7)13(17)15-5-8(16)6-15/h2-4,8,16H,5-6H2,1H3. The number of likely N-dealkylation sites (tertiary alicyclic amines) is 1. The molecule has 1 fully saturated rings. The van der Waals surface area contributed by atoms with Crippen LogP contribution in [0.1, 0.15) is 15.2 Å². The van der Waals surface area contributed by atoms with Crippen molar-refractivity contribution in [1.29, 1.82) is 0 Å². The van der Waals surface area contributed by atoms with Crippen LogP contribution in [-0.4, -0.2) is 35.1 Å². The molecule has 5 heteroatoms. The van der Waals surface area contributed by atoms with Crippen molar-refractivity contribution in [3.05, 3.63) is 34.5 Å². The van der Waals surface area contributed by atoms with Crippen molar-refractivity contribution >= 4 is 27.3 Å². The third-order valence-electron chi connectivity index (χ3n) is 3.25. The minimum Gasteiger partial charge on any atom is -0.389 e. The highest BCUT2D eigenvalue weighted by Crippen LogP contribution is 2.33. The molecule has 0 saturated carbocycles. The molecule has 0 spiro atoms. The second kappa shape index (κ2) is 4.03. The number of carbonyl (C=O) groups excluding carboxylic acids is 1. The van der Waals surface area contributed by atoms with Gasteiger partial charge >= 0.3 is 0 Å². The first-order chi connectivity index (χ1) is 8.58. The van der Waals surface area contributed by atoms with Crippen molar-refractivity contribution in [1.82, 2.24) is 4.90 Å². The summed E-state index contributed by atoms with van der Waals surface area (Å²) in [6.45, 7) is 2.51. The van der Waals surface area contributed by atoms with Crippen molar-refractivity contribution in [2.24, 2.45) is 0 Å². The summed E-state index contributed by atoms with van der Waals surface area (Å²) in [5.74, 6) is -0.401. The highest BCUT2D eigenvalue weighted by molar-refractivity contribution is 7.21. The van der Waals surface area contributed by atoms with Gasteiger partial charge < -0.3 is 10.0 Å². The number of rotatable bonds is 1. The van der Waals surface area contributed by atoms with E-state index in [0.29, 0.717) is 28.9 Å². The lowest BCUT2D eigenvalue weighted by Crippen LogP contribution is -2.53. The summed E-state index contributed by atoms with van der Waals surface area (Å²) in [5.41, 5.74) is 0.694. The SMILES string of the molecule is Cc1c(C(=O)N2CC(O)C2)sc2cccc(F)c12. The summed E-state index contributed by atoms with van der Waals surface area (Å²) in [6, 6.07) is 4.87.